The monoisotopic (exact) mass is 315 g/mol. The maximum absolute atomic E-state index is 13.7. The van der Waals surface area contributed by atoms with E-state index in [4.69, 9.17) is 15.0 Å². The first kappa shape index (κ1) is 13.0. The molecule has 0 aliphatic carbocycles. The highest BCUT2D eigenvalue weighted by Crippen LogP contribution is 2.36. The van der Waals surface area contributed by atoms with E-state index in [-0.39, 0.29) is 12.4 Å². The third-order valence-corrected chi connectivity index (χ3v) is 3.06. The van der Waals surface area contributed by atoms with Crippen LogP contribution in [0.4, 0.5) is 4.39 Å². The topological polar surface area (TPSA) is 74.2 Å². The highest BCUT2D eigenvalue weighted by Gasteiger charge is 2.19. The molecule has 0 radical (unpaired) electrons. The zero-order valence-corrected chi connectivity index (χ0v) is 11.4. The number of ether oxygens (including phenoxy) is 1. The normalized spacial score (nSPS) is 10.7. The van der Waals surface area contributed by atoms with Crippen molar-refractivity contribution in [3.05, 3.63) is 27.8 Å². The SMILES string of the molecule is COc1c(-c2noc(CN)n2)cc(Br)c(F)c1C. The van der Waals surface area contributed by atoms with Crippen LogP contribution < -0.4 is 10.5 Å². The van der Waals surface area contributed by atoms with Gasteiger partial charge in [-0.25, -0.2) is 4.39 Å². The van der Waals surface area contributed by atoms with Crippen molar-refractivity contribution < 1.29 is 13.7 Å². The lowest BCUT2D eigenvalue weighted by atomic mass is 10.1. The summed E-state index contributed by atoms with van der Waals surface area (Å²) in [5.74, 6) is 0.625. The van der Waals surface area contributed by atoms with E-state index >= 15 is 0 Å². The van der Waals surface area contributed by atoms with Gasteiger partial charge in [0.15, 0.2) is 0 Å². The second-order valence-corrected chi connectivity index (χ2v) is 4.45. The van der Waals surface area contributed by atoms with Crippen molar-refractivity contribution in [1.29, 1.82) is 0 Å². The Morgan fingerprint density at radius 2 is 2.28 bits per heavy atom. The largest absolute Gasteiger partial charge is 0.496 e. The van der Waals surface area contributed by atoms with Gasteiger partial charge in [-0.3, -0.25) is 0 Å². The molecule has 0 aliphatic heterocycles. The zero-order valence-electron chi connectivity index (χ0n) is 9.83. The van der Waals surface area contributed by atoms with Gasteiger partial charge in [-0.15, -0.1) is 0 Å². The number of nitrogens with zero attached hydrogens (tertiary/aromatic N) is 2. The van der Waals surface area contributed by atoms with E-state index in [0.29, 0.717) is 33.1 Å². The molecule has 2 rings (SSSR count). The lowest BCUT2D eigenvalue weighted by Crippen LogP contribution is -1.98. The van der Waals surface area contributed by atoms with Crippen molar-refractivity contribution in [2.24, 2.45) is 5.73 Å². The maximum atomic E-state index is 13.7. The standard InChI is InChI=1S/C11H11BrFN3O2/c1-5-9(13)7(12)3-6(10(5)17-2)11-15-8(4-14)18-16-11/h3H,4,14H2,1-2H3. The molecule has 96 valence electrons. The highest BCUT2D eigenvalue weighted by atomic mass is 79.9. The number of nitrogens with two attached hydrogens (primary N) is 1. The average Bonchev–Trinajstić information content (AvgIpc) is 2.84. The van der Waals surface area contributed by atoms with Gasteiger partial charge in [-0.05, 0) is 28.9 Å². The number of hydrogen-bond acceptors (Lipinski definition) is 5. The van der Waals surface area contributed by atoms with Gasteiger partial charge in [-0.1, -0.05) is 5.16 Å². The minimum atomic E-state index is -0.377. The zero-order chi connectivity index (χ0) is 13.3. The van der Waals surface area contributed by atoms with Crippen LogP contribution in [-0.2, 0) is 6.54 Å². The van der Waals surface area contributed by atoms with E-state index in [1.807, 2.05) is 0 Å². The molecule has 0 aliphatic rings. The van der Waals surface area contributed by atoms with Crippen molar-refractivity contribution in [2.75, 3.05) is 7.11 Å². The molecule has 0 fully saturated rings. The summed E-state index contributed by atoms with van der Waals surface area (Å²) in [4.78, 5) is 4.09. The Labute approximate surface area is 111 Å². The molecular weight excluding hydrogens is 305 g/mol. The molecular formula is C11H11BrFN3O2. The fourth-order valence-corrected chi connectivity index (χ4v) is 2.14. The molecule has 2 N–H and O–H groups in total. The predicted octanol–water partition coefficient (Wildman–Crippen LogP) is 2.41. The van der Waals surface area contributed by atoms with Crippen molar-refractivity contribution in [2.45, 2.75) is 13.5 Å². The van der Waals surface area contributed by atoms with E-state index in [2.05, 4.69) is 26.1 Å². The van der Waals surface area contributed by atoms with Crippen LogP contribution in [0.15, 0.2) is 15.1 Å². The minimum Gasteiger partial charge on any atom is -0.496 e. The minimum absolute atomic E-state index is 0.149. The Morgan fingerprint density at radius 3 is 2.83 bits per heavy atom. The number of halogens is 2. The molecule has 0 saturated carbocycles. The van der Waals surface area contributed by atoms with Crippen LogP contribution in [0.2, 0.25) is 0 Å². The number of methoxy groups -OCH3 is 1. The van der Waals surface area contributed by atoms with Crippen molar-refractivity contribution >= 4 is 15.9 Å². The van der Waals surface area contributed by atoms with E-state index in [9.17, 15) is 4.39 Å². The van der Waals surface area contributed by atoms with Gasteiger partial charge in [0.1, 0.15) is 11.6 Å². The quantitative estimate of drug-likeness (QED) is 0.941. The summed E-state index contributed by atoms with van der Waals surface area (Å²) in [5, 5.41) is 3.79. The van der Waals surface area contributed by atoms with Crippen LogP contribution in [0.25, 0.3) is 11.4 Å². The van der Waals surface area contributed by atoms with Crippen molar-refractivity contribution in [3.63, 3.8) is 0 Å². The summed E-state index contributed by atoms with van der Waals surface area (Å²) in [7, 11) is 1.46. The van der Waals surface area contributed by atoms with E-state index < -0.39 is 0 Å². The first-order chi connectivity index (χ1) is 8.58. The number of benzene rings is 1. The van der Waals surface area contributed by atoms with Crippen LogP contribution >= 0.6 is 15.9 Å². The second kappa shape index (κ2) is 5.03. The molecule has 0 unspecified atom stereocenters. The van der Waals surface area contributed by atoms with Crippen LogP contribution in [0.3, 0.4) is 0 Å². The lowest BCUT2D eigenvalue weighted by Gasteiger charge is -2.10. The summed E-state index contributed by atoms with van der Waals surface area (Å²) in [6.45, 7) is 1.77. The molecule has 0 bridgehead atoms. The Bertz CT molecular complexity index is 586. The van der Waals surface area contributed by atoms with Gasteiger partial charge in [0.25, 0.3) is 0 Å². The Kier molecular flexibility index (Phi) is 3.63. The Morgan fingerprint density at radius 1 is 1.56 bits per heavy atom. The van der Waals surface area contributed by atoms with E-state index in [0.717, 1.165) is 0 Å². The Hall–Kier alpha value is -1.47. The van der Waals surface area contributed by atoms with Crippen LogP contribution in [0, 0.1) is 12.7 Å². The number of hydrogen-bond donors (Lipinski definition) is 1. The molecule has 5 nitrogen and oxygen atoms in total. The number of rotatable bonds is 3. The van der Waals surface area contributed by atoms with Crippen molar-refractivity contribution in [3.8, 4) is 17.1 Å². The molecule has 1 heterocycles. The first-order valence-electron chi connectivity index (χ1n) is 5.14. The highest BCUT2D eigenvalue weighted by molar-refractivity contribution is 9.10. The summed E-state index contributed by atoms with van der Waals surface area (Å²) < 4.78 is 24.2. The molecule has 1 aromatic carbocycles. The van der Waals surface area contributed by atoms with Crippen LogP contribution in [-0.4, -0.2) is 17.3 Å². The molecule has 18 heavy (non-hydrogen) atoms. The van der Waals surface area contributed by atoms with E-state index in [1.165, 1.54) is 7.11 Å². The fraction of sp³-hybridized carbons (Fsp3) is 0.273. The van der Waals surface area contributed by atoms with Crippen LogP contribution in [0.5, 0.6) is 5.75 Å². The summed E-state index contributed by atoms with van der Waals surface area (Å²) in [6.07, 6.45) is 0. The van der Waals surface area contributed by atoms with Gasteiger partial charge < -0.3 is 15.0 Å². The summed E-state index contributed by atoms with van der Waals surface area (Å²) in [6, 6.07) is 1.55. The second-order valence-electron chi connectivity index (χ2n) is 3.59. The number of aromatic nitrogens is 2. The molecule has 2 aromatic rings. The molecule has 0 saturated heterocycles. The molecule has 0 atom stereocenters. The summed E-state index contributed by atoms with van der Waals surface area (Å²) >= 11 is 3.14. The third-order valence-electron chi connectivity index (χ3n) is 2.48. The maximum Gasteiger partial charge on any atom is 0.240 e. The average molecular weight is 316 g/mol. The fourth-order valence-electron chi connectivity index (χ4n) is 1.61. The van der Waals surface area contributed by atoms with Gasteiger partial charge in [0, 0.05) is 5.56 Å². The van der Waals surface area contributed by atoms with Crippen molar-refractivity contribution in [1.82, 2.24) is 10.1 Å². The predicted molar refractivity (Wildman–Crippen MR) is 66.6 cm³/mol. The molecule has 1 aromatic heterocycles. The van der Waals surface area contributed by atoms with Gasteiger partial charge in [-0.2, -0.15) is 4.98 Å². The first-order valence-corrected chi connectivity index (χ1v) is 5.93. The summed E-state index contributed by atoms with van der Waals surface area (Å²) in [5.41, 5.74) is 6.32. The van der Waals surface area contributed by atoms with Gasteiger partial charge in [0.2, 0.25) is 11.7 Å². The smallest absolute Gasteiger partial charge is 0.240 e. The molecule has 0 spiro atoms. The van der Waals surface area contributed by atoms with Gasteiger partial charge >= 0.3 is 0 Å². The van der Waals surface area contributed by atoms with E-state index in [1.54, 1.807) is 13.0 Å². The lowest BCUT2D eigenvalue weighted by molar-refractivity contribution is 0.379. The Balaban J connectivity index is 2.63. The van der Waals surface area contributed by atoms with Crippen LogP contribution in [0.1, 0.15) is 11.5 Å². The van der Waals surface area contributed by atoms with Gasteiger partial charge in [0.05, 0.1) is 23.7 Å². The third kappa shape index (κ3) is 2.11. The molecule has 0 amide bonds. The molecule has 7 heteroatoms.